The largest absolute Gasteiger partial charge is 0.372 e. The number of hydrogen-bond acceptors (Lipinski definition) is 4. The van der Waals surface area contributed by atoms with E-state index < -0.39 is 0 Å². The summed E-state index contributed by atoms with van der Waals surface area (Å²) in [5.41, 5.74) is 2.24. The smallest absolute Gasteiger partial charge is 0.140 e. The molecule has 1 fully saturated rings. The molecule has 2 aromatic rings. The van der Waals surface area contributed by atoms with Gasteiger partial charge in [-0.2, -0.15) is 0 Å². The van der Waals surface area contributed by atoms with Crippen LogP contribution in [0, 0.1) is 6.92 Å². The van der Waals surface area contributed by atoms with Gasteiger partial charge in [0.2, 0.25) is 0 Å². The fourth-order valence-corrected chi connectivity index (χ4v) is 2.76. The van der Waals surface area contributed by atoms with Crippen molar-refractivity contribution in [1.82, 2.24) is 9.97 Å². The van der Waals surface area contributed by atoms with Gasteiger partial charge in [0.25, 0.3) is 0 Å². The zero-order valence-corrected chi connectivity index (χ0v) is 11.6. The topological polar surface area (TPSA) is 38.2 Å². The van der Waals surface area contributed by atoms with E-state index in [1.54, 1.807) is 6.33 Å². The molecule has 100 valence electrons. The number of anilines is 1. The molecule has 0 spiro atoms. The number of aryl methyl sites for hydroxylation is 1. The number of benzene rings is 1. The Hall–Kier alpha value is -1.68. The van der Waals surface area contributed by atoms with Crippen LogP contribution in [0.3, 0.4) is 0 Å². The molecule has 19 heavy (non-hydrogen) atoms. The van der Waals surface area contributed by atoms with E-state index in [4.69, 9.17) is 4.74 Å². The summed E-state index contributed by atoms with van der Waals surface area (Å²) in [7, 11) is 0. The van der Waals surface area contributed by atoms with Gasteiger partial charge in [0.05, 0.1) is 17.7 Å². The lowest BCUT2D eigenvalue weighted by Crippen LogP contribution is -2.45. The second-order valence-corrected chi connectivity index (χ2v) is 5.38. The van der Waals surface area contributed by atoms with Gasteiger partial charge in [0.1, 0.15) is 12.1 Å². The molecule has 1 aliphatic rings. The molecule has 1 aromatic heterocycles. The molecule has 0 N–H and O–H groups in total. The van der Waals surface area contributed by atoms with Crippen molar-refractivity contribution in [1.29, 1.82) is 0 Å². The van der Waals surface area contributed by atoms with E-state index in [0.29, 0.717) is 0 Å². The average molecular weight is 257 g/mol. The lowest BCUT2D eigenvalue weighted by molar-refractivity contribution is -0.00537. The predicted octanol–water partition coefficient (Wildman–Crippen LogP) is 2.55. The van der Waals surface area contributed by atoms with Gasteiger partial charge >= 0.3 is 0 Å². The van der Waals surface area contributed by atoms with Crippen LogP contribution in [0.2, 0.25) is 0 Å². The second-order valence-electron chi connectivity index (χ2n) is 5.38. The van der Waals surface area contributed by atoms with Crippen molar-refractivity contribution < 1.29 is 4.74 Å². The van der Waals surface area contributed by atoms with Gasteiger partial charge < -0.3 is 9.64 Å². The molecule has 4 nitrogen and oxygen atoms in total. The van der Waals surface area contributed by atoms with Crippen LogP contribution in [-0.2, 0) is 4.74 Å². The first-order valence-corrected chi connectivity index (χ1v) is 6.75. The molecule has 0 amide bonds. The zero-order valence-electron chi connectivity index (χ0n) is 11.6. The molecule has 0 radical (unpaired) electrons. The summed E-state index contributed by atoms with van der Waals surface area (Å²) in [5, 5.41) is 1.13. The zero-order chi connectivity index (χ0) is 13.4. The van der Waals surface area contributed by atoms with Crippen LogP contribution in [0.4, 0.5) is 5.82 Å². The molecule has 2 heterocycles. The Morgan fingerprint density at radius 3 is 2.63 bits per heavy atom. The van der Waals surface area contributed by atoms with E-state index in [1.165, 1.54) is 5.56 Å². The van der Waals surface area contributed by atoms with Crippen molar-refractivity contribution in [2.24, 2.45) is 0 Å². The second kappa shape index (κ2) is 4.78. The molecule has 1 aromatic carbocycles. The molecule has 2 unspecified atom stereocenters. The van der Waals surface area contributed by atoms with Gasteiger partial charge in [0, 0.05) is 18.5 Å². The molecule has 0 bridgehead atoms. The third kappa shape index (κ3) is 2.40. The van der Waals surface area contributed by atoms with Gasteiger partial charge in [-0.1, -0.05) is 11.6 Å². The Morgan fingerprint density at radius 1 is 1.16 bits per heavy atom. The van der Waals surface area contributed by atoms with Crippen molar-refractivity contribution in [3.8, 4) is 0 Å². The summed E-state index contributed by atoms with van der Waals surface area (Å²) in [5.74, 6) is 1.02. The first-order chi connectivity index (χ1) is 9.13. The molecule has 3 rings (SSSR count). The van der Waals surface area contributed by atoms with Gasteiger partial charge in [0.15, 0.2) is 0 Å². The summed E-state index contributed by atoms with van der Waals surface area (Å²) in [6.45, 7) is 8.07. The van der Waals surface area contributed by atoms with Crippen LogP contribution in [0.5, 0.6) is 0 Å². The number of aromatic nitrogens is 2. The van der Waals surface area contributed by atoms with Gasteiger partial charge in [-0.25, -0.2) is 9.97 Å². The van der Waals surface area contributed by atoms with E-state index in [1.807, 2.05) is 0 Å². The molecular weight excluding hydrogens is 238 g/mol. The normalized spacial score (nSPS) is 23.8. The number of rotatable bonds is 1. The Balaban J connectivity index is 2.06. The van der Waals surface area contributed by atoms with E-state index in [2.05, 4.69) is 53.8 Å². The molecule has 0 aliphatic carbocycles. The quantitative estimate of drug-likeness (QED) is 0.787. The standard InChI is InChI=1S/C15H19N3O/c1-10-4-5-14-13(6-10)15(17-9-16-14)18-7-11(2)19-12(3)8-18/h4-6,9,11-12H,7-8H2,1-3H3. The summed E-state index contributed by atoms with van der Waals surface area (Å²) < 4.78 is 5.79. The Kier molecular flexibility index (Phi) is 3.11. The van der Waals surface area contributed by atoms with Crippen LogP contribution >= 0.6 is 0 Å². The van der Waals surface area contributed by atoms with E-state index >= 15 is 0 Å². The van der Waals surface area contributed by atoms with E-state index in [0.717, 1.165) is 29.8 Å². The van der Waals surface area contributed by atoms with Crippen LogP contribution in [0.1, 0.15) is 19.4 Å². The molecule has 0 saturated carbocycles. The van der Waals surface area contributed by atoms with E-state index in [9.17, 15) is 0 Å². The number of ether oxygens (including phenoxy) is 1. The summed E-state index contributed by atoms with van der Waals surface area (Å²) in [6, 6.07) is 6.31. The highest BCUT2D eigenvalue weighted by Gasteiger charge is 2.24. The van der Waals surface area contributed by atoms with Crippen LogP contribution in [-0.4, -0.2) is 35.3 Å². The summed E-state index contributed by atoms with van der Waals surface area (Å²) in [4.78, 5) is 11.2. The first-order valence-electron chi connectivity index (χ1n) is 6.75. The fraction of sp³-hybridized carbons (Fsp3) is 0.467. The Bertz CT molecular complexity index is 589. The minimum absolute atomic E-state index is 0.235. The number of fused-ring (bicyclic) bond motifs is 1. The first kappa shape index (κ1) is 12.4. The van der Waals surface area contributed by atoms with E-state index in [-0.39, 0.29) is 12.2 Å². The molecule has 2 atom stereocenters. The predicted molar refractivity (Wildman–Crippen MR) is 76.5 cm³/mol. The highest BCUT2D eigenvalue weighted by Crippen LogP contribution is 2.26. The average Bonchev–Trinajstić information content (AvgIpc) is 2.36. The Labute approximate surface area is 113 Å². The number of morpholine rings is 1. The minimum atomic E-state index is 0.235. The monoisotopic (exact) mass is 257 g/mol. The van der Waals surface area contributed by atoms with Crippen LogP contribution < -0.4 is 4.90 Å². The Morgan fingerprint density at radius 2 is 1.89 bits per heavy atom. The lowest BCUT2D eigenvalue weighted by Gasteiger charge is -2.36. The van der Waals surface area contributed by atoms with Crippen LogP contribution in [0.15, 0.2) is 24.5 Å². The van der Waals surface area contributed by atoms with Crippen LogP contribution in [0.25, 0.3) is 10.9 Å². The maximum absolute atomic E-state index is 5.79. The summed E-state index contributed by atoms with van der Waals surface area (Å²) >= 11 is 0. The number of nitrogens with zero attached hydrogens (tertiary/aromatic N) is 3. The minimum Gasteiger partial charge on any atom is -0.372 e. The third-order valence-electron chi connectivity index (χ3n) is 3.49. The highest BCUT2D eigenvalue weighted by molar-refractivity contribution is 5.89. The maximum Gasteiger partial charge on any atom is 0.140 e. The summed E-state index contributed by atoms with van der Waals surface area (Å²) in [6.07, 6.45) is 2.12. The molecule has 4 heteroatoms. The van der Waals surface area contributed by atoms with Gasteiger partial charge in [-0.15, -0.1) is 0 Å². The van der Waals surface area contributed by atoms with Crippen molar-refractivity contribution in [2.45, 2.75) is 33.0 Å². The van der Waals surface area contributed by atoms with Crippen molar-refractivity contribution in [2.75, 3.05) is 18.0 Å². The molecule has 1 aliphatic heterocycles. The maximum atomic E-state index is 5.79. The SMILES string of the molecule is Cc1ccc2ncnc(N3CC(C)OC(C)C3)c2c1. The van der Waals surface area contributed by atoms with Crippen molar-refractivity contribution in [3.63, 3.8) is 0 Å². The van der Waals surface area contributed by atoms with Crippen molar-refractivity contribution in [3.05, 3.63) is 30.1 Å². The lowest BCUT2D eigenvalue weighted by atomic mass is 10.1. The van der Waals surface area contributed by atoms with Crippen molar-refractivity contribution >= 4 is 16.7 Å². The van der Waals surface area contributed by atoms with Gasteiger partial charge in [-0.3, -0.25) is 0 Å². The third-order valence-corrected chi connectivity index (χ3v) is 3.49. The highest BCUT2D eigenvalue weighted by atomic mass is 16.5. The fourth-order valence-electron chi connectivity index (χ4n) is 2.76. The van der Waals surface area contributed by atoms with Gasteiger partial charge in [-0.05, 0) is 32.9 Å². The molecule has 1 saturated heterocycles. The molecular formula is C15H19N3O. The number of hydrogen-bond donors (Lipinski definition) is 0.